The molecule has 0 spiro atoms. The summed E-state index contributed by atoms with van der Waals surface area (Å²) < 4.78 is 5.24. The van der Waals surface area contributed by atoms with Crippen molar-refractivity contribution in [2.24, 2.45) is 0 Å². The van der Waals surface area contributed by atoms with Crippen LogP contribution in [-0.4, -0.2) is 28.4 Å². The lowest BCUT2D eigenvalue weighted by Crippen LogP contribution is -2.42. The average Bonchev–Trinajstić information content (AvgIpc) is 2.99. The smallest absolute Gasteiger partial charge is 0.224 e. The fraction of sp³-hybridized carbons (Fsp3) is 0.421. The fourth-order valence-electron chi connectivity index (χ4n) is 2.35. The summed E-state index contributed by atoms with van der Waals surface area (Å²) in [5.41, 5.74) is -0.0723. The van der Waals surface area contributed by atoms with Crippen LogP contribution in [0.25, 0.3) is 0 Å². The van der Waals surface area contributed by atoms with Crippen LogP contribution in [0.1, 0.15) is 32.1 Å². The topological polar surface area (TPSA) is 62.5 Å². The minimum absolute atomic E-state index is 0.0982. The maximum Gasteiger partial charge on any atom is 0.224 e. The zero-order valence-electron chi connectivity index (χ0n) is 14.4. The van der Waals surface area contributed by atoms with Crippen LogP contribution in [0.15, 0.2) is 52.0 Å². The van der Waals surface area contributed by atoms with Crippen LogP contribution in [0.2, 0.25) is 0 Å². The molecule has 1 amide bonds. The molecule has 0 saturated carbocycles. The van der Waals surface area contributed by atoms with Gasteiger partial charge in [0.15, 0.2) is 0 Å². The molecule has 1 heterocycles. The molecule has 0 saturated heterocycles. The standard InChI is InChI=1S/C19H25NO3S/c1-14(2)24-17-8-6-15(7-9-17)11-18(21)20-13-19(3,22)12-16-5-4-10-23-16/h4-10,14,22H,11-13H2,1-3H3,(H,20,21). The Morgan fingerprint density at radius 3 is 2.58 bits per heavy atom. The van der Waals surface area contributed by atoms with Crippen molar-refractivity contribution in [1.82, 2.24) is 5.32 Å². The van der Waals surface area contributed by atoms with Crippen LogP contribution in [0.3, 0.4) is 0 Å². The number of carbonyl (C=O) groups excluding carboxylic acids is 1. The van der Waals surface area contributed by atoms with Crippen molar-refractivity contribution in [1.29, 1.82) is 0 Å². The summed E-state index contributed by atoms with van der Waals surface area (Å²) in [7, 11) is 0. The highest BCUT2D eigenvalue weighted by Gasteiger charge is 2.23. The number of benzene rings is 1. The molecule has 2 aromatic rings. The number of thioether (sulfide) groups is 1. The first-order chi connectivity index (χ1) is 11.3. The molecule has 0 radical (unpaired) electrons. The Morgan fingerprint density at radius 2 is 2.00 bits per heavy atom. The zero-order chi connectivity index (χ0) is 17.6. The molecule has 0 aliphatic rings. The molecule has 1 aromatic carbocycles. The van der Waals surface area contributed by atoms with E-state index < -0.39 is 5.60 Å². The third kappa shape index (κ3) is 6.42. The van der Waals surface area contributed by atoms with E-state index in [0.717, 1.165) is 5.56 Å². The lowest BCUT2D eigenvalue weighted by molar-refractivity contribution is -0.121. The highest BCUT2D eigenvalue weighted by atomic mass is 32.2. The maximum atomic E-state index is 12.1. The average molecular weight is 347 g/mol. The van der Waals surface area contributed by atoms with Crippen molar-refractivity contribution in [2.45, 2.75) is 49.4 Å². The van der Waals surface area contributed by atoms with Crippen LogP contribution in [0.4, 0.5) is 0 Å². The SMILES string of the molecule is CC(C)Sc1ccc(CC(=O)NCC(C)(O)Cc2ccco2)cc1. The summed E-state index contributed by atoms with van der Waals surface area (Å²) in [6, 6.07) is 11.6. The van der Waals surface area contributed by atoms with Crippen LogP contribution < -0.4 is 5.32 Å². The number of nitrogens with one attached hydrogen (secondary N) is 1. The van der Waals surface area contributed by atoms with Gasteiger partial charge in [-0.2, -0.15) is 0 Å². The summed E-state index contributed by atoms with van der Waals surface area (Å²) >= 11 is 1.80. The third-order valence-corrected chi connectivity index (χ3v) is 4.48. The number of aliphatic hydroxyl groups is 1. The Hall–Kier alpha value is -1.72. The van der Waals surface area contributed by atoms with Gasteiger partial charge >= 0.3 is 0 Å². The van der Waals surface area contributed by atoms with Crippen molar-refractivity contribution in [3.8, 4) is 0 Å². The summed E-state index contributed by atoms with van der Waals surface area (Å²) in [4.78, 5) is 13.3. The van der Waals surface area contributed by atoms with E-state index in [9.17, 15) is 9.90 Å². The van der Waals surface area contributed by atoms with Crippen molar-refractivity contribution in [3.63, 3.8) is 0 Å². The van der Waals surface area contributed by atoms with Crippen LogP contribution in [0, 0.1) is 0 Å². The van der Waals surface area contributed by atoms with Crippen molar-refractivity contribution in [2.75, 3.05) is 6.54 Å². The van der Waals surface area contributed by atoms with Gasteiger partial charge in [-0.15, -0.1) is 11.8 Å². The highest BCUT2D eigenvalue weighted by Crippen LogP contribution is 2.23. The fourth-order valence-corrected chi connectivity index (χ4v) is 3.18. The predicted molar refractivity (Wildman–Crippen MR) is 97.2 cm³/mol. The molecule has 0 aliphatic carbocycles. The largest absolute Gasteiger partial charge is 0.469 e. The second kappa shape index (κ2) is 8.40. The third-order valence-electron chi connectivity index (χ3n) is 3.46. The van der Waals surface area contributed by atoms with Crippen molar-refractivity contribution >= 4 is 17.7 Å². The van der Waals surface area contributed by atoms with E-state index >= 15 is 0 Å². The Kier molecular flexibility index (Phi) is 6.52. The molecule has 1 unspecified atom stereocenters. The number of carbonyl (C=O) groups is 1. The van der Waals surface area contributed by atoms with E-state index in [1.165, 1.54) is 4.90 Å². The zero-order valence-corrected chi connectivity index (χ0v) is 15.2. The lowest BCUT2D eigenvalue weighted by Gasteiger charge is -2.22. The van der Waals surface area contributed by atoms with Crippen LogP contribution in [0.5, 0.6) is 0 Å². The quantitative estimate of drug-likeness (QED) is 0.718. The van der Waals surface area contributed by atoms with Gasteiger partial charge in [0.2, 0.25) is 5.91 Å². The summed E-state index contributed by atoms with van der Waals surface area (Å²) in [5, 5.41) is 13.7. The van der Waals surface area contributed by atoms with Gasteiger partial charge in [0, 0.05) is 23.1 Å². The molecule has 2 N–H and O–H groups in total. The van der Waals surface area contributed by atoms with Gasteiger partial charge in [0.25, 0.3) is 0 Å². The monoisotopic (exact) mass is 347 g/mol. The maximum absolute atomic E-state index is 12.1. The molecule has 130 valence electrons. The highest BCUT2D eigenvalue weighted by molar-refractivity contribution is 7.99. The van der Waals surface area contributed by atoms with E-state index in [-0.39, 0.29) is 12.5 Å². The van der Waals surface area contributed by atoms with Gasteiger partial charge in [-0.3, -0.25) is 4.79 Å². The minimum atomic E-state index is -1.04. The molecule has 5 heteroatoms. The molecule has 1 aromatic heterocycles. The predicted octanol–water partition coefficient (Wildman–Crippen LogP) is 3.43. The Bertz CT molecular complexity index is 633. The second-order valence-electron chi connectivity index (χ2n) is 6.52. The van der Waals surface area contributed by atoms with Crippen LogP contribution in [-0.2, 0) is 17.6 Å². The Balaban J connectivity index is 1.80. The number of rotatable bonds is 8. The van der Waals surface area contributed by atoms with Gasteiger partial charge in [0.05, 0.1) is 18.3 Å². The number of hydrogen-bond acceptors (Lipinski definition) is 4. The number of furan rings is 1. The molecular weight excluding hydrogens is 322 g/mol. The summed E-state index contributed by atoms with van der Waals surface area (Å²) in [5.74, 6) is 0.603. The van der Waals surface area contributed by atoms with E-state index in [4.69, 9.17) is 4.42 Å². The van der Waals surface area contributed by atoms with Gasteiger partial charge in [-0.25, -0.2) is 0 Å². The molecular formula is C19H25NO3S. The first-order valence-electron chi connectivity index (χ1n) is 8.11. The van der Waals surface area contributed by atoms with Gasteiger partial charge in [0.1, 0.15) is 5.76 Å². The molecule has 0 bridgehead atoms. The normalized spacial score (nSPS) is 13.7. The molecule has 24 heavy (non-hydrogen) atoms. The van der Waals surface area contributed by atoms with E-state index in [1.54, 1.807) is 31.0 Å². The van der Waals surface area contributed by atoms with Gasteiger partial charge < -0.3 is 14.8 Å². The van der Waals surface area contributed by atoms with Crippen LogP contribution >= 0.6 is 11.8 Å². The molecule has 0 fully saturated rings. The summed E-state index contributed by atoms with van der Waals surface area (Å²) in [6.45, 7) is 6.18. The number of hydrogen-bond donors (Lipinski definition) is 2. The number of amides is 1. The lowest BCUT2D eigenvalue weighted by atomic mass is 10.0. The van der Waals surface area contributed by atoms with E-state index in [0.29, 0.717) is 23.9 Å². The minimum Gasteiger partial charge on any atom is -0.469 e. The first kappa shape index (κ1) is 18.6. The first-order valence-corrected chi connectivity index (χ1v) is 8.99. The Labute approximate surface area is 147 Å². The van der Waals surface area contributed by atoms with Crippen molar-refractivity contribution in [3.05, 3.63) is 54.0 Å². The van der Waals surface area contributed by atoms with Gasteiger partial charge in [-0.1, -0.05) is 26.0 Å². The molecule has 1 atom stereocenters. The summed E-state index contributed by atoms with van der Waals surface area (Å²) in [6.07, 6.45) is 2.25. The Morgan fingerprint density at radius 1 is 1.29 bits per heavy atom. The van der Waals surface area contributed by atoms with E-state index in [2.05, 4.69) is 19.2 Å². The molecule has 4 nitrogen and oxygen atoms in total. The van der Waals surface area contributed by atoms with E-state index in [1.807, 2.05) is 30.3 Å². The van der Waals surface area contributed by atoms with Crippen molar-refractivity contribution < 1.29 is 14.3 Å². The van der Waals surface area contributed by atoms with Gasteiger partial charge in [-0.05, 0) is 36.8 Å². The second-order valence-corrected chi connectivity index (χ2v) is 8.17. The molecule has 0 aliphatic heterocycles. The molecule has 2 rings (SSSR count).